The van der Waals surface area contributed by atoms with Crippen LogP contribution in [0.3, 0.4) is 0 Å². The summed E-state index contributed by atoms with van der Waals surface area (Å²) in [6.07, 6.45) is 1.52. The van der Waals surface area contributed by atoms with Crippen molar-refractivity contribution < 1.29 is 43.9 Å². The molecule has 174 valence electrons. The number of amides is 1. The van der Waals surface area contributed by atoms with Crippen molar-refractivity contribution in [1.29, 1.82) is 0 Å². The molecule has 1 amide bonds. The first-order chi connectivity index (χ1) is 14.4. The molecule has 4 N–H and O–H groups in total. The molecule has 1 saturated heterocycles. The second kappa shape index (κ2) is 15.1. The van der Waals surface area contributed by atoms with Gasteiger partial charge in [-0.2, -0.15) is 0 Å². The lowest BCUT2D eigenvalue weighted by Gasteiger charge is -2.42. The Kier molecular flexibility index (Phi) is 13.3. The number of aliphatic hydroxyl groups excluding tert-OH is 3. The van der Waals surface area contributed by atoms with Crippen LogP contribution < -0.4 is 5.32 Å². The third kappa shape index (κ3) is 9.40. The minimum absolute atomic E-state index is 0.0114. The van der Waals surface area contributed by atoms with Crippen LogP contribution in [0, 0.1) is 0 Å². The van der Waals surface area contributed by atoms with Gasteiger partial charge >= 0.3 is 12.1 Å². The van der Waals surface area contributed by atoms with Gasteiger partial charge in [0.15, 0.2) is 6.29 Å². The van der Waals surface area contributed by atoms with Gasteiger partial charge < -0.3 is 39.6 Å². The smallest absolute Gasteiger partial charge is 0.407 e. The van der Waals surface area contributed by atoms with Gasteiger partial charge in [-0.25, -0.2) is 4.79 Å². The summed E-state index contributed by atoms with van der Waals surface area (Å²) in [5, 5.41) is 32.1. The molecule has 0 aromatic heterocycles. The number of ether oxygens (including phenoxy) is 4. The number of methoxy groups -OCH3 is 1. The summed E-state index contributed by atoms with van der Waals surface area (Å²) in [6, 6.07) is -1.06. The van der Waals surface area contributed by atoms with E-state index < -0.39 is 43.3 Å². The highest BCUT2D eigenvalue weighted by atomic mass is 16.7. The fourth-order valence-corrected chi connectivity index (χ4v) is 3.07. The second-order valence-electron chi connectivity index (χ2n) is 7.08. The van der Waals surface area contributed by atoms with Crippen molar-refractivity contribution in [3.8, 4) is 0 Å². The number of esters is 1. The van der Waals surface area contributed by atoms with Crippen LogP contribution in [-0.4, -0.2) is 85.0 Å². The van der Waals surface area contributed by atoms with Gasteiger partial charge in [0.25, 0.3) is 0 Å². The lowest BCUT2D eigenvalue weighted by atomic mass is 9.97. The van der Waals surface area contributed by atoms with Gasteiger partial charge in [-0.15, -0.1) is 0 Å². The SMILES string of the molecule is C=CCOC(=O)NC1C(O)[C@H](O)C(CO)O[C@H]1OCCCCCCCCC(=O)OC. The number of hydrogen-bond donors (Lipinski definition) is 4. The molecule has 1 aliphatic rings. The number of unbranched alkanes of at least 4 members (excludes halogenated alkanes) is 5. The van der Waals surface area contributed by atoms with Gasteiger partial charge in [0.1, 0.15) is 31.0 Å². The van der Waals surface area contributed by atoms with Crippen molar-refractivity contribution in [1.82, 2.24) is 5.32 Å². The molecule has 10 nitrogen and oxygen atoms in total. The first-order valence-electron chi connectivity index (χ1n) is 10.3. The van der Waals surface area contributed by atoms with E-state index in [1.54, 1.807) is 0 Å². The number of rotatable bonds is 14. The van der Waals surface area contributed by atoms with E-state index in [1.807, 2.05) is 0 Å². The average Bonchev–Trinajstić information content (AvgIpc) is 2.75. The van der Waals surface area contributed by atoms with Crippen molar-refractivity contribution >= 4 is 12.1 Å². The van der Waals surface area contributed by atoms with Gasteiger partial charge in [0.2, 0.25) is 0 Å². The van der Waals surface area contributed by atoms with E-state index in [0.717, 1.165) is 38.5 Å². The molecule has 0 saturated carbocycles. The van der Waals surface area contributed by atoms with Crippen molar-refractivity contribution in [2.24, 2.45) is 0 Å². The van der Waals surface area contributed by atoms with Gasteiger partial charge in [0, 0.05) is 13.0 Å². The Morgan fingerprint density at radius 3 is 2.40 bits per heavy atom. The van der Waals surface area contributed by atoms with Crippen LogP contribution in [0.15, 0.2) is 12.7 Å². The Labute approximate surface area is 177 Å². The summed E-state index contributed by atoms with van der Waals surface area (Å²) < 4.78 is 20.6. The summed E-state index contributed by atoms with van der Waals surface area (Å²) in [5.41, 5.74) is 0. The topological polar surface area (TPSA) is 144 Å². The van der Waals surface area contributed by atoms with Crippen LogP contribution >= 0.6 is 0 Å². The van der Waals surface area contributed by atoms with E-state index in [1.165, 1.54) is 13.2 Å². The Morgan fingerprint density at radius 1 is 1.10 bits per heavy atom. The van der Waals surface area contributed by atoms with Crippen molar-refractivity contribution in [3.05, 3.63) is 12.7 Å². The molecule has 1 heterocycles. The fraction of sp³-hybridized carbons (Fsp3) is 0.800. The maximum atomic E-state index is 11.8. The first kappa shape index (κ1) is 26.3. The fourth-order valence-electron chi connectivity index (χ4n) is 3.07. The molecule has 5 atom stereocenters. The number of alkyl carbamates (subject to hydrolysis) is 1. The number of carbonyl (C=O) groups excluding carboxylic acids is 2. The maximum absolute atomic E-state index is 11.8. The number of hydrogen-bond acceptors (Lipinski definition) is 9. The van der Waals surface area contributed by atoms with Crippen LogP contribution in [0.1, 0.15) is 44.9 Å². The molecule has 10 heteroatoms. The standard InChI is InChI=1S/C20H35NO9/c1-3-11-29-20(26)21-16-18(25)17(24)14(13-22)30-19(16)28-12-9-7-5-4-6-8-10-15(23)27-2/h3,14,16-19,22,24-25H,1,4-13H2,2H3,(H,21,26)/t14?,16?,17-,18?,19-/m1/s1. The predicted molar refractivity (Wildman–Crippen MR) is 107 cm³/mol. The zero-order valence-corrected chi connectivity index (χ0v) is 17.5. The third-order valence-electron chi connectivity index (χ3n) is 4.78. The summed E-state index contributed by atoms with van der Waals surface area (Å²) in [4.78, 5) is 22.9. The molecule has 0 aliphatic carbocycles. The van der Waals surface area contributed by atoms with E-state index in [9.17, 15) is 24.9 Å². The summed E-state index contributed by atoms with van der Waals surface area (Å²) in [6.45, 7) is 3.24. The Balaban J connectivity index is 2.38. The Hall–Kier alpha value is -1.72. The monoisotopic (exact) mass is 433 g/mol. The minimum Gasteiger partial charge on any atom is -0.469 e. The molecule has 0 aromatic rings. The molecule has 1 fully saturated rings. The molecular weight excluding hydrogens is 398 g/mol. The van der Waals surface area contributed by atoms with E-state index >= 15 is 0 Å². The average molecular weight is 433 g/mol. The summed E-state index contributed by atoms with van der Waals surface area (Å²) >= 11 is 0. The van der Waals surface area contributed by atoms with Gasteiger partial charge in [0.05, 0.1) is 13.7 Å². The maximum Gasteiger partial charge on any atom is 0.407 e. The molecule has 1 aliphatic heterocycles. The quantitative estimate of drug-likeness (QED) is 0.176. The van der Waals surface area contributed by atoms with E-state index in [-0.39, 0.29) is 12.6 Å². The molecule has 30 heavy (non-hydrogen) atoms. The lowest BCUT2D eigenvalue weighted by molar-refractivity contribution is -0.269. The number of aliphatic hydroxyl groups is 3. The molecule has 0 radical (unpaired) electrons. The Bertz CT molecular complexity index is 517. The zero-order chi connectivity index (χ0) is 22.4. The van der Waals surface area contributed by atoms with Crippen LogP contribution in [0.4, 0.5) is 4.79 Å². The predicted octanol–water partition coefficient (Wildman–Crippen LogP) is 0.626. The Morgan fingerprint density at radius 2 is 1.77 bits per heavy atom. The highest BCUT2D eigenvalue weighted by Gasteiger charge is 2.45. The zero-order valence-electron chi connectivity index (χ0n) is 17.5. The molecule has 3 unspecified atom stereocenters. The highest BCUT2D eigenvalue weighted by molar-refractivity contribution is 5.69. The minimum atomic E-state index is -1.40. The van der Waals surface area contributed by atoms with Crippen molar-refractivity contribution in [2.75, 3.05) is 26.9 Å². The van der Waals surface area contributed by atoms with Crippen LogP contribution in [0.25, 0.3) is 0 Å². The molecule has 0 bridgehead atoms. The molecule has 0 spiro atoms. The summed E-state index contributed by atoms with van der Waals surface area (Å²) in [7, 11) is 1.38. The van der Waals surface area contributed by atoms with Crippen LogP contribution in [0.5, 0.6) is 0 Å². The lowest BCUT2D eigenvalue weighted by Crippen LogP contribution is -2.64. The van der Waals surface area contributed by atoms with Crippen LogP contribution in [0.2, 0.25) is 0 Å². The van der Waals surface area contributed by atoms with Gasteiger partial charge in [-0.05, 0) is 12.8 Å². The number of nitrogens with one attached hydrogen (secondary N) is 1. The van der Waals surface area contributed by atoms with Crippen LogP contribution in [-0.2, 0) is 23.7 Å². The second-order valence-corrected chi connectivity index (χ2v) is 7.08. The third-order valence-corrected chi connectivity index (χ3v) is 4.78. The van der Waals surface area contributed by atoms with Gasteiger partial charge in [-0.1, -0.05) is 38.3 Å². The molecular formula is C20H35NO9. The van der Waals surface area contributed by atoms with E-state index in [2.05, 4.69) is 16.6 Å². The van der Waals surface area contributed by atoms with Gasteiger partial charge in [-0.3, -0.25) is 4.79 Å². The largest absolute Gasteiger partial charge is 0.469 e. The number of carbonyl (C=O) groups is 2. The molecule has 1 rings (SSSR count). The first-order valence-corrected chi connectivity index (χ1v) is 10.3. The van der Waals surface area contributed by atoms with E-state index in [0.29, 0.717) is 13.0 Å². The highest BCUT2D eigenvalue weighted by Crippen LogP contribution is 2.22. The normalized spacial score (nSPS) is 26.1. The summed E-state index contributed by atoms with van der Waals surface area (Å²) in [5.74, 6) is -0.194. The molecule has 0 aromatic carbocycles. The van der Waals surface area contributed by atoms with Crippen molar-refractivity contribution in [3.63, 3.8) is 0 Å². The van der Waals surface area contributed by atoms with Crippen molar-refractivity contribution in [2.45, 2.75) is 75.6 Å². The van der Waals surface area contributed by atoms with E-state index in [4.69, 9.17) is 14.2 Å².